The molecule has 2 heterocycles. The molecule has 0 aromatic carbocycles. The van der Waals surface area contributed by atoms with Crippen LogP contribution in [0.4, 0.5) is 0 Å². The molecule has 7 heteroatoms. The number of aliphatic imine (C=N–C) groups is 1. The molecule has 0 spiro atoms. The van der Waals surface area contributed by atoms with Gasteiger partial charge in [-0.15, -0.1) is 24.0 Å². The number of likely N-dealkylation sites (tertiary alicyclic amines) is 1. The van der Waals surface area contributed by atoms with E-state index in [1.165, 1.54) is 56.7 Å². The van der Waals surface area contributed by atoms with Crippen molar-refractivity contribution in [2.45, 2.75) is 63.5 Å². The van der Waals surface area contributed by atoms with Gasteiger partial charge in [-0.25, -0.2) is 0 Å². The summed E-state index contributed by atoms with van der Waals surface area (Å²) in [6.45, 7) is 8.59. The number of nitrogens with zero attached hydrogens (tertiary/aromatic N) is 3. The molecule has 3 aliphatic rings. The van der Waals surface area contributed by atoms with Crippen LogP contribution in [0.3, 0.4) is 0 Å². The lowest BCUT2D eigenvalue weighted by atomic mass is 9.80. The summed E-state index contributed by atoms with van der Waals surface area (Å²) < 4.78 is 5.80. The molecule has 1 saturated carbocycles. The fourth-order valence-corrected chi connectivity index (χ4v) is 5.80. The fourth-order valence-electron chi connectivity index (χ4n) is 4.90. The number of thioether (sulfide) groups is 1. The zero-order valence-corrected chi connectivity index (χ0v) is 20.4. The lowest BCUT2D eigenvalue weighted by molar-refractivity contribution is 0.0256. The number of nitrogens with one attached hydrogen (secondary N) is 1. The molecule has 0 atom stereocenters. The van der Waals surface area contributed by atoms with Gasteiger partial charge < -0.3 is 15.0 Å². The van der Waals surface area contributed by atoms with Gasteiger partial charge in [0.2, 0.25) is 0 Å². The van der Waals surface area contributed by atoms with Crippen molar-refractivity contribution in [2.75, 3.05) is 57.9 Å². The summed E-state index contributed by atoms with van der Waals surface area (Å²) in [6.07, 6.45) is 9.51. The highest BCUT2D eigenvalue weighted by atomic mass is 127. The highest BCUT2D eigenvalue weighted by Crippen LogP contribution is 2.35. The first-order valence-electron chi connectivity index (χ1n) is 10.7. The quantitative estimate of drug-likeness (QED) is 0.349. The highest BCUT2D eigenvalue weighted by Gasteiger charge is 2.38. The summed E-state index contributed by atoms with van der Waals surface area (Å²) in [5.74, 6) is 3.68. The molecule has 0 aromatic rings. The van der Waals surface area contributed by atoms with Gasteiger partial charge in [-0.1, -0.05) is 19.3 Å². The lowest BCUT2D eigenvalue weighted by Crippen LogP contribution is -2.60. The van der Waals surface area contributed by atoms with E-state index in [0.717, 1.165) is 45.0 Å². The SMILES string of the molecule is CCOC1CCN(C(=NC)NCC2(N3CCSCC3)CCCCC2)CC1.I. The highest BCUT2D eigenvalue weighted by molar-refractivity contribution is 14.0. The van der Waals surface area contributed by atoms with Crippen molar-refractivity contribution in [3.8, 4) is 0 Å². The predicted octanol–water partition coefficient (Wildman–Crippen LogP) is 3.43. The van der Waals surface area contributed by atoms with Gasteiger partial charge in [0, 0.05) is 63.4 Å². The van der Waals surface area contributed by atoms with Gasteiger partial charge in [-0.05, 0) is 32.6 Å². The first-order valence-corrected chi connectivity index (χ1v) is 11.8. The van der Waals surface area contributed by atoms with Crippen molar-refractivity contribution in [3.05, 3.63) is 0 Å². The third kappa shape index (κ3) is 6.37. The second-order valence-corrected chi connectivity index (χ2v) is 9.15. The average Bonchev–Trinajstić information content (AvgIpc) is 2.71. The monoisotopic (exact) mass is 510 g/mol. The van der Waals surface area contributed by atoms with E-state index in [1.807, 2.05) is 7.05 Å². The second-order valence-electron chi connectivity index (χ2n) is 7.93. The zero-order chi connectivity index (χ0) is 18.2. The number of hydrogen-bond donors (Lipinski definition) is 1. The number of piperidine rings is 1. The van der Waals surface area contributed by atoms with Gasteiger partial charge in [0.25, 0.3) is 0 Å². The maximum atomic E-state index is 5.80. The van der Waals surface area contributed by atoms with Crippen molar-refractivity contribution < 1.29 is 4.74 Å². The Balaban J connectivity index is 0.00000261. The fraction of sp³-hybridized carbons (Fsp3) is 0.950. The van der Waals surface area contributed by atoms with Gasteiger partial charge in [-0.2, -0.15) is 11.8 Å². The molecule has 2 saturated heterocycles. The number of guanidine groups is 1. The van der Waals surface area contributed by atoms with Crippen molar-refractivity contribution in [2.24, 2.45) is 4.99 Å². The molecule has 0 aromatic heterocycles. The maximum absolute atomic E-state index is 5.80. The number of hydrogen-bond acceptors (Lipinski definition) is 4. The van der Waals surface area contributed by atoms with Crippen LogP contribution in [0.15, 0.2) is 4.99 Å². The predicted molar refractivity (Wildman–Crippen MR) is 128 cm³/mol. The van der Waals surface area contributed by atoms with Crippen LogP contribution >= 0.6 is 35.7 Å². The Hall–Kier alpha value is 0.270. The van der Waals surface area contributed by atoms with E-state index >= 15 is 0 Å². The average molecular weight is 511 g/mol. The Labute approximate surface area is 187 Å². The minimum atomic E-state index is 0. The smallest absolute Gasteiger partial charge is 0.193 e. The van der Waals surface area contributed by atoms with Crippen LogP contribution in [0.25, 0.3) is 0 Å². The van der Waals surface area contributed by atoms with Crippen molar-refractivity contribution in [1.82, 2.24) is 15.1 Å². The summed E-state index contributed by atoms with van der Waals surface area (Å²) in [5, 5.41) is 3.78. The van der Waals surface area contributed by atoms with Gasteiger partial charge in [0.05, 0.1) is 6.10 Å². The summed E-state index contributed by atoms with van der Waals surface area (Å²) in [7, 11) is 1.93. The van der Waals surface area contributed by atoms with Crippen molar-refractivity contribution in [3.63, 3.8) is 0 Å². The first-order chi connectivity index (χ1) is 12.8. The van der Waals surface area contributed by atoms with Crippen LogP contribution in [-0.2, 0) is 4.74 Å². The second kappa shape index (κ2) is 12.1. The van der Waals surface area contributed by atoms with Crippen LogP contribution in [-0.4, -0.2) is 85.3 Å². The third-order valence-electron chi connectivity index (χ3n) is 6.40. The number of rotatable bonds is 5. The molecule has 0 radical (unpaired) electrons. The van der Waals surface area contributed by atoms with Crippen molar-refractivity contribution >= 4 is 41.7 Å². The van der Waals surface area contributed by atoms with Crippen LogP contribution in [0.5, 0.6) is 0 Å². The lowest BCUT2D eigenvalue weighted by Gasteiger charge is -2.48. The normalized spacial score (nSPS) is 25.1. The molecule has 0 unspecified atom stereocenters. The van der Waals surface area contributed by atoms with E-state index in [1.54, 1.807) is 0 Å². The van der Waals surface area contributed by atoms with E-state index in [-0.39, 0.29) is 24.0 Å². The molecule has 1 aliphatic carbocycles. The summed E-state index contributed by atoms with van der Waals surface area (Å²) >= 11 is 2.11. The molecule has 3 fully saturated rings. The Morgan fingerprint density at radius 2 is 1.78 bits per heavy atom. The summed E-state index contributed by atoms with van der Waals surface area (Å²) in [4.78, 5) is 9.84. The van der Waals surface area contributed by atoms with Gasteiger partial charge in [-0.3, -0.25) is 9.89 Å². The molecule has 5 nitrogen and oxygen atoms in total. The van der Waals surface area contributed by atoms with E-state index in [4.69, 9.17) is 4.74 Å². The molecular weight excluding hydrogens is 471 g/mol. The van der Waals surface area contributed by atoms with Gasteiger partial charge >= 0.3 is 0 Å². The number of ether oxygens (including phenoxy) is 1. The van der Waals surface area contributed by atoms with E-state index in [0.29, 0.717) is 11.6 Å². The van der Waals surface area contributed by atoms with E-state index < -0.39 is 0 Å². The van der Waals surface area contributed by atoms with E-state index in [2.05, 4.69) is 38.8 Å². The van der Waals surface area contributed by atoms with Crippen LogP contribution in [0, 0.1) is 0 Å². The molecule has 0 bridgehead atoms. The Morgan fingerprint density at radius 1 is 1.11 bits per heavy atom. The molecule has 158 valence electrons. The number of halogens is 1. The minimum absolute atomic E-state index is 0. The van der Waals surface area contributed by atoms with Crippen LogP contribution in [0.2, 0.25) is 0 Å². The maximum Gasteiger partial charge on any atom is 0.193 e. The molecular formula is C20H39IN4OS. The standard InChI is InChI=1S/C20H38N4OS.HI/c1-3-25-18-7-11-23(12-8-18)19(21-2)22-17-20(9-5-4-6-10-20)24-13-15-26-16-14-24;/h18H,3-17H2,1-2H3,(H,21,22);1H. The van der Waals surface area contributed by atoms with Crippen LogP contribution in [0.1, 0.15) is 51.9 Å². The molecule has 2 aliphatic heterocycles. The Kier molecular flexibility index (Phi) is 10.5. The first kappa shape index (κ1) is 23.5. The summed E-state index contributed by atoms with van der Waals surface area (Å²) in [6, 6.07) is 0. The molecule has 3 rings (SSSR count). The Bertz CT molecular complexity index is 445. The van der Waals surface area contributed by atoms with E-state index in [9.17, 15) is 0 Å². The summed E-state index contributed by atoms with van der Waals surface area (Å²) in [5.41, 5.74) is 0.346. The van der Waals surface area contributed by atoms with Gasteiger partial charge in [0.1, 0.15) is 0 Å². The molecule has 27 heavy (non-hydrogen) atoms. The third-order valence-corrected chi connectivity index (χ3v) is 7.34. The van der Waals surface area contributed by atoms with Gasteiger partial charge in [0.15, 0.2) is 5.96 Å². The topological polar surface area (TPSA) is 40.1 Å². The molecule has 1 N–H and O–H groups in total. The minimum Gasteiger partial charge on any atom is -0.378 e. The largest absolute Gasteiger partial charge is 0.378 e. The Morgan fingerprint density at radius 3 is 2.37 bits per heavy atom. The zero-order valence-electron chi connectivity index (χ0n) is 17.3. The van der Waals surface area contributed by atoms with Crippen LogP contribution < -0.4 is 5.32 Å². The molecule has 0 amide bonds. The van der Waals surface area contributed by atoms with Crippen molar-refractivity contribution in [1.29, 1.82) is 0 Å².